The molecule has 0 radical (unpaired) electrons. The summed E-state index contributed by atoms with van der Waals surface area (Å²) < 4.78 is 0. The monoisotopic (exact) mass is 223 g/mol. The van der Waals surface area contributed by atoms with Crippen molar-refractivity contribution < 1.29 is 4.92 Å². The van der Waals surface area contributed by atoms with E-state index in [1.54, 1.807) is 12.3 Å². The molecular formula is C11H17N3O2. The molecular weight excluding hydrogens is 206 g/mol. The van der Waals surface area contributed by atoms with Gasteiger partial charge in [-0.2, -0.15) is 0 Å². The first kappa shape index (κ1) is 12.6. The Labute approximate surface area is 95.0 Å². The van der Waals surface area contributed by atoms with Crippen LogP contribution in [0, 0.1) is 10.1 Å². The number of rotatable bonds is 5. The van der Waals surface area contributed by atoms with E-state index in [9.17, 15) is 10.1 Å². The van der Waals surface area contributed by atoms with E-state index >= 15 is 0 Å². The number of nitrogens with zero attached hydrogens (tertiary/aromatic N) is 2. The van der Waals surface area contributed by atoms with E-state index in [4.69, 9.17) is 0 Å². The average molecular weight is 223 g/mol. The van der Waals surface area contributed by atoms with Crippen LogP contribution in [0.25, 0.3) is 0 Å². The SMILES string of the molecule is CCC(NC)C(C)c1ccncc1[N+](=O)[O-]. The van der Waals surface area contributed by atoms with Crippen LogP contribution in [0.1, 0.15) is 31.7 Å². The summed E-state index contributed by atoms with van der Waals surface area (Å²) in [4.78, 5) is 14.3. The number of hydrogen-bond acceptors (Lipinski definition) is 4. The Morgan fingerprint density at radius 2 is 2.31 bits per heavy atom. The predicted octanol–water partition coefficient (Wildman–Crippen LogP) is 2.09. The minimum atomic E-state index is -0.374. The molecule has 1 heterocycles. The summed E-state index contributed by atoms with van der Waals surface area (Å²) in [6, 6.07) is 1.96. The number of pyridine rings is 1. The normalized spacial score (nSPS) is 14.4. The third-order valence-corrected chi connectivity index (χ3v) is 2.93. The number of aromatic nitrogens is 1. The van der Waals surface area contributed by atoms with Gasteiger partial charge < -0.3 is 5.32 Å². The standard InChI is InChI=1S/C11H17N3O2/c1-4-10(12-3)8(2)9-5-6-13-7-11(9)14(15)16/h5-8,10,12H,4H2,1-3H3. The molecule has 0 aliphatic carbocycles. The van der Waals surface area contributed by atoms with Gasteiger partial charge in [0.1, 0.15) is 6.20 Å². The summed E-state index contributed by atoms with van der Waals surface area (Å²) in [7, 11) is 1.87. The molecule has 0 amide bonds. The van der Waals surface area contributed by atoms with Gasteiger partial charge in [-0.15, -0.1) is 0 Å². The smallest absolute Gasteiger partial charge is 0.291 e. The van der Waals surface area contributed by atoms with E-state index < -0.39 is 0 Å². The van der Waals surface area contributed by atoms with Gasteiger partial charge in [0.15, 0.2) is 0 Å². The lowest BCUT2D eigenvalue weighted by Gasteiger charge is -2.22. The van der Waals surface area contributed by atoms with Crippen molar-refractivity contribution in [2.75, 3.05) is 7.05 Å². The van der Waals surface area contributed by atoms with Gasteiger partial charge in [-0.1, -0.05) is 13.8 Å². The quantitative estimate of drug-likeness (QED) is 0.613. The zero-order chi connectivity index (χ0) is 12.1. The molecule has 0 saturated heterocycles. The molecule has 5 heteroatoms. The van der Waals surface area contributed by atoms with Crippen LogP contribution >= 0.6 is 0 Å². The zero-order valence-corrected chi connectivity index (χ0v) is 9.80. The molecule has 5 nitrogen and oxygen atoms in total. The van der Waals surface area contributed by atoms with Crippen LogP contribution in [-0.2, 0) is 0 Å². The minimum absolute atomic E-state index is 0.0957. The molecule has 1 aromatic heterocycles. The molecule has 16 heavy (non-hydrogen) atoms. The predicted molar refractivity (Wildman–Crippen MR) is 62.4 cm³/mol. The number of nitro groups is 1. The van der Waals surface area contributed by atoms with Crippen LogP contribution in [0.3, 0.4) is 0 Å². The first-order chi connectivity index (χ1) is 7.61. The molecule has 1 N–H and O–H groups in total. The van der Waals surface area contributed by atoms with Gasteiger partial charge in [-0.05, 0) is 19.5 Å². The maximum absolute atomic E-state index is 10.9. The van der Waals surface area contributed by atoms with Crippen LogP contribution in [0.15, 0.2) is 18.5 Å². The van der Waals surface area contributed by atoms with Crippen molar-refractivity contribution in [1.29, 1.82) is 0 Å². The fraction of sp³-hybridized carbons (Fsp3) is 0.545. The highest BCUT2D eigenvalue weighted by molar-refractivity contribution is 5.40. The van der Waals surface area contributed by atoms with Crippen molar-refractivity contribution in [3.63, 3.8) is 0 Å². The van der Waals surface area contributed by atoms with Crippen LogP contribution in [0.2, 0.25) is 0 Å². The van der Waals surface area contributed by atoms with Gasteiger partial charge in [0.05, 0.1) is 4.92 Å². The van der Waals surface area contributed by atoms with Crippen LogP contribution in [-0.4, -0.2) is 23.0 Å². The highest BCUT2D eigenvalue weighted by Gasteiger charge is 2.23. The molecule has 2 atom stereocenters. The number of hydrogen-bond donors (Lipinski definition) is 1. The van der Waals surface area contributed by atoms with Crippen molar-refractivity contribution in [3.05, 3.63) is 34.1 Å². The lowest BCUT2D eigenvalue weighted by Crippen LogP contribution is -2.30. The molecule has 0 saturated carbocycles. The molecule has 88 valence electrons. The first-order valence-electron chi connectivity index (χ1n) is 5.37. The van der Waals surface area contributed by atoms with E-state index in [0.717, 1.165) is 12.0 Å². The largest absolute Gasteiger partial charge is 0.316 e. The molecule has 0 aliphatic heterocycles. The second-order valence-corrected chi connectivity index (χ2v) is 3.78. The number of likely N-dealkylation sites (N-methyl/N-ethyl adjacent to an activating group) is 1. The maximum atomic E-state index is 10.9. The Hall–Kier alpha value is -1.49. The summed E-state index contributed by atoms with van der Waals surface area (Å²) >= 11 is 0. The summed E-state index contributed by atoms with van der Waals surface area (Å²) in [5.74, 6) is 0.0957. The van der Waals surface area contributed by atoms with Gasteiger partial charge in [-0.3, -0.25) is 15.1 Å². The molecule has 0 aliphatic rings. The van der Waals surface area contributed by atoms with Gasteiger partial charge in [-0.25, -0.2) is 0 Å². The molecule has 0 spiro atoms. The fourth-order valence-corrected chi connectivity index (χ4v) is 1.96. The third kappa shape index (κ3) is 2.55. The minimum Gasteiger partial charge on any atom is -0.316 e. The molecule has 0 bridgehead atoms. The lowest BCUT2D eigenvalue weighted by molar-refractivity contribution is -0.386. The van der Waals surface area contributed by atoms with E-state index in [1.165, 1.54) is 6.20 Å². The van der Waals surface area contributed by atoms with E-state index in [1.807, 2.05) is 14.0 Å². The van der Waals surface area contributed by atoms with Crippen molar-refractivity contribution in [2.24, 2.45) is 0 Å². The maximum Gasteiger partial charge on any atom is 0.291 e. The van der Waals surface area contributed by atoms with Crippen LogP contribution in [0.5, 0.6) is 0 Å². The first-order valence-corrected chi connectivity index (χ1v) is 5.37. The molecule has 0 aromatic carbocycles. The third-order valence-electron chi connectivity index (χ3n) is 2.93. The lowest BCUT2D eigenvalue weighted by atomic mass is 9.91. The Balaban J connectivity index is 3.07. The van der Waals surface area contributed by atoms with Crippen molar-refractivity contribution in [3.8, 4) is 0 Å². The van der Waals surface area contributed by atoms with Crippen molar-refractivity contribution in [2.45, 2.75) is 32.2 Å². The molecule has 0 fully saturated rings. The van der Waals surface area contributed by atoms with Crippen molar-refractivity contribution >= 4 is 5.69 Å². The number of nitrogens with one attached hydrogen (secondary N) is 1. The van der Waals surface area contributed by atoms with Crippen LogP contribution in [0.4, 0.5) is 5.69 Å². The topological polar surface area (TPSA) is 68.1 Å². The summed E-state index contributed by atoms with van der Waals surface area (Å²) in [5, 5.41) is 14.0. The second kappa shape index (κ2) is 5.55. The van der Waals surface area contributed by atoms with Gasteiger partial charge in [0, 0.05) is 23.7 Å². The molecule has 1 rings (SSSR count). The summed E-state index contributed by atoms with van der Waals surface area (Å²) in [6.07, 6.45) is 3.84. The van der Waals surface area contributed by atoms with Crippen molar-refractivity contribution in [1.82, 2.24) is 10.3 Å². The van der Waals surface area contributed by atoms with Gasteiger partial charge >= 0.3 is 0 Å². The molecule has 2 unspecified atom stereocenters. The highest BCUT2D eigenvalue weighted by Crippen LogP contribution is 2.28. The second-order valence-electron chi connectivity index (χ2n) is 3.78. The van der Waals surface area contributed by atoms with E-state index in [0.29, 0.717) is 0 Å². The Kier molecular flexibility index (Phi) is 4.37. The Bertz CT molecular complexity index is 364. The zero-order valence-electron chi connectivity index (χ0n) is 9.80. The highest BCUT2D eigenvalue weighted by atomic mass is 16.6. The summed E-state index contributed by atoms with van der Waals surface area (Å²) in [5.41, 5.74) is 0.838. The Morgan fingerprint density at radius 1 is 1.62 bits per heavy atom. The van der Waals surface area contributed by atoms with Gasteiger partial charge in [0.2, 0.25) is 0 Å². The summed E-state index contributed by atoms with van der Waals surface area (Å²) in [6.45, 7) is 4.05. The van der Waals surface area contributed by atoms with Gasteiger partial charge in [0.25, 0.3) is 5.69 Å². The van der Waals surface area contributed by atoms with E-state index in [-0.39, 0.29) is 22.6 Å². The molecule has 1 aromatic rings. The van der Waals surface area contributed by atoms with Crippen LogP contribution < -0.4 is 5.32 Å². The fourth-order valence-electron chi connectivity index (χ4n) is 1.96. The average Bonchev–Trinajstić information content (AvgIpc) is 2.30. The van der Waals surface area contributed by atoms with E-state index in [2.05, 4.69) is 17.2 Å². The Morgan fingerprint density at radius 3 is 2.81 bits per heavy atom.